The predicted octanol–water partition coefficient (Wildman–Crippen LogP) is 14.4. The molecular formula is C44H81NO2. The quantitative estimate of drug-likeness (QED) is 0.0386. The van der Waals surface area contributed by atoms with Crippen molar-refractivity contribution in [2.24, 2.45) is 11.8 Å². The summed E-state index contributed by atoms with van der Waals surface area (Å²) in [5, 5.41) is 1.57. The van der Waals surface area contributed by atoms with Crippen molar-refractivity contribution in [2.45, 2.75) is 201 Å². The molecule has 47 heavy (non-hydrogen) atoms. The molecule has 0 saturated heterocycles. The first-order valence-corrected chi connectivity index (χ1v) is 20.6. The molecule has 3 heteroatoms. The molecule has 0 aliphatic carbocycles. The predicted molar refractivity (Wildman–Crippen MR) is 210 cm³/mol. The van der Waals surface area contributed by atoms with Crippen LogP contribution in [0, 0.1) is 11.8 Å². The van der Waals surface area contributed by atoms with Crippen LogP contribution in [-0.2, 0) is 9.63 Å². The van der Waals surface area contributed by atoms with Gasteiger partial charge in [-0.15, -0.1) is 5.06 Å². The summed E-state index contributed by atoms with van der Waals surface area (Å²) in [4.78, 5) is 18.6. The van der Waals surface area contributed by atoms with Gasteiger partial charge in [0.15, 0.2) is 0 Å². The molecule has 0 aromatic heterocycles. The number of hydroxylamine groups is 2. The number of nitrogens with zero attached hydrogens (tertiary/aromatic N) is 1. The number of rotatable bonds is 35. The minimum Gasteiger partial charge on any atom is -0.368 e. The van der Waals surface area contributed by atoms with E-state index in [4.69, 9.17) is 4.84 Å². The molecule has 0 aliphatic rings. The van der Waals surface area contributed by atoms with Crippen molar-refractivity contribution in [1.82, 2.24) is 5.06 Å². The summed E-state index contributed by atoms with van der Waals surface area (Å²) in [5.41, 5.74) is 0. The van der Waals surface area contributed by atoms with Gasteiger partial charge in [-0.25, -0.2) is 0 Å². The fourth-order valence-electron chi connectivity index (χ4n) is 6.44. The van der Waals surface area contributed by atoms with Crippen molar-refractivity contribution >= 4 is 5.97 Å². The summed E-state index contributed by atoms with van der Waals surface area (Å²) in [5.74, 6) is 0.485. The van der Waals surface area contributed by atoms with Crippen molar-refractivity contribution in [3.63, 3.8) is 0 Å². The summed E-state index contributed by atoms with van der Waals surface area (Å²) in [6.07, 6.45) is 53.8. The van der Waals surface area contributed by atoms with Gasteiger partial charge in [0.1, 0.15) is 0 Å². The lowest BCUT2D eigenvalue weighted by Crippen LogP contribution is -2.30. The Morgan fingerprint density at radius 2 is 0.830 bits per heavy atom. The molecule has 0 radical (unpaired) electrons. The van der Waals surface area contributed by atoms with Crippen LogP contribution in [0.15, 0.2) is 48.6 Å². The third-order valence-corrected chi connectivity index (χ3v) is 9.30. The Labute approximate surface area is 295 Å². The molecule has 1 atom stereocenters. The zero-order chi connectivity index (χ0) is 34.5. The van der Waals surface area contributed by atoms with Crippen molar-refractivity contribution in [1.29, 1.82) is 0 Å². The Morgan fingerprint density at radius 1 is 0.468 bits per heavy atom. The van der Waals surface area contributed by atoms with Gasteiger partial charge in [-0.1, -0.05) is 166 Å². The number of hydrogen-bond acceptors (Lipinski definition) is 3. The van der Waals surface area contributed by atoms with Gasteiger partial charge < -0.3 is 4.84 Å². The highest BCUT2D eigenvalue weighted by Gasteiger charge is 2.29. The van der Waals surface area contributed by atoms with Crippen LogP contribution < -0.4 is 0 Å². The van der Waals surface area contributed by atoms with Crippen LogP contribution in [-0.4, -0.2) is 25.1 Å². The largest absolute Gasteiger partial charge is 0.368 e. The Hall–Kier alpha value is -1.61. The van der Waals surface area contributed by atoms with Crippen molar-refractivity contribution in [3.05, 3.63) is 48.6 Å². The average Bonchev–Trinajstić information content (AvgIpc) is 3.05. The lowest BCUT2D eigenvalue weighted by Gasteiger charge is -2.26. The lowest BCUT2D eigenvalue weighted by molar-refractivity contribution is -0.186. The van der Waals surface area contributed by atoms with Crippen molar-refractivity contribution < 1.29 is 9.63 Å². The van der Waals surface area contributed by atoms with Gasteiger partial charge in [0, 0.05) is 14.1 Å². The SMILES string of the molecule is CCCCC/C=C\C/C=C\CCCCCCCCC(CCCCCCCC/C=C\C/C=C\CCCCC)C(CCC)C(=O)ON(C)C. The Balaban J connectivity index is 4.26. The summed E-state index contributed by atoms with van der Waals surface area (Å²) in [6, 6.07) is 0. The van der Waals surface area contributed by atoms with Crippen molar-refractivity contribution in [2.75, 3.05) is 14.1 Å². The molecule has 1 unspecified atom stereocenters. The second-order valence-corrected chi connectivity index (χ2v) is 14.1. The second-order valence-electron chi connectivity index (χ2n) is 14.1. The van der Waals surface area contributed by atoms with Crippen LogP contribution in [0.4, 0.5) is 0 Å². The summed E-state index contributed by atoms with van der Waals surface area (Å²) < 4.78 is 0. The van der Waals surface area contributed by atoms with E-state index < -0.39 is 0 Å². The first kappa shape index (κ1) is 45.4. The fraction of sp³-hybridized carbons (Fsp3) is 0.795. The van der Waals surface area contributed by atoms with Crippen LogP contribution in [0.25, 0.3) is 0 Å². The normalized spacial score (nSPS) is 13.1. The van der Waals surface area contributed by atoms with E-state index in [9.17, 15) is 4.79 Å². The van der Waals surface area contributed by atoms with E-state index in [0.717, 1.165) is 25.7 Å². The molecule has 0 aliphatic heterocycles. The first-order valence-electron chi connectivity index (χ1n) is 20.6. The minimum atomic E-state index is -0.0121. The molecule has 0 fully saturated rings. The molecule has 0 saturated carbocycles. The first-order chi connectivity index (χ1) is 23.1. The van der Waals surface area contributed by atoms with Gasteiger partial charge in [-0.05, 0) is 89.4 Å². The zero-order valence-corrected chi connectivity index (χ0v) is 32.3. The monoisotopic (exact) mass is 656 g/mol. The van der Waals surface area contributed by atoms with Crippen LogP contribution in [0.1, 0.15) is 201 Å². The maximum atomic E-state index is 13.0. The zero-order valence-electron chi connectivity index (χ0n) is 32.3. The number of carbonyl (C=O) groups excluding carboxylic acids is 1. The van der Waals surface area contributed by atoms with Gasteiger partial charge in [0.2, 0.25) is 0 Å². The second kappa shape index (κ2) is 37.2. The Kier molecular flexibility index (Phi) is 35.9. The fourth-order valence-corrected chi connectivity index (χ4v) is 6.44. The number of unbranched alkanes of at least 4 members (excludes halogenated alkanes) is 18. The highest BCUT2D eigenvalue weighted by molar-refractivity contribution is 5.72. The van der Waals surface area contributed by atoms with E-state index in [-0.39, 0.29) is 11.9 Å². The smallest absolute Gasteiger partial charge is 0.328 e. The number of carbonyl (C=O) groups is 1. The van der Waals surface area contributed by atoms with E-state index in [0.29, 0.717) is 5.92 Å². The number of allylic oxidation sites excluding steroid dienone is 8. The Morgan fingerprint density at radius 3 is 1.19 bits per heavy atom. The molecule has 0 bridgehead atoms. The van der Waals surface area contributed by atoms with Crippen LogP contribution >= 0.6 is 0 Å². The molecule has 0 rings (SSSR count). The van der Waals surface area contributed by atoms with Crippen LogP contribution in [0.3, 0.4) is 0 Å². The summed E-state index contributed by atoms with van der Waals surface area (Å²) in [7, 11) is 3.64. The molecule has 0 amide bonds. The van der Waals surface area contributed by atoms with E-state index in [1.54, 1.807) is 5.06 Å². The third kappa shape index (κ3) is 32.7. The standard InChI is InChI=1S/C44H81NO2/c1-6-9-11-13-15-17-19-21-23-25-27-29-31-33-35-37-40-42(43(39-8-3)44(46)47-45(4)5)41-38-36-34-32-30-28-26-24-22-20-18-16-14-12-10-7-2/h15-18,21-24,42-43H,6-14,19-20,25-41H2,1-5H3/b17-15-,18-16-,23-21-,24-22-. The molecule has 0 spiro atoms. The highest BCUT2D eigenvalue weighted by Crippen LogP contribution is 2.30. The summed E-state index contributed by atoms with van der Waals surface area (Å²) in [6.45, 7) is 6.73. The maximum absolute atomic E-state index is 13.0. The molecule has 0 aromatic rings. The van der Waals surface area contributed by atoms with Crippen LogP contribution in [0.2, 0.25) is 0 Å². The van der Waals surface area contributed by atoms with Gasteiger partial charge in [0.05, 0.1) is 5.92 Å². The maximum Gasteiger partial charge on any atom is 0.328 e. The van der Waals surface area contributed by atoms with Gasteiger partial charge in [0.25, 0.3) is 0 Å². The minimum absolute atomic E-state index is 0.0121. The molecule has 0 N–H and O–H groups in total. The van der Waals surface area contributed by atoms with Gasteiger partial charge in [-0.2, -0.15) is 0 Å². The molecular weight excluding hydrogens is 574 g/mol. The van der Waals surface area contributed by atoms with E-state index >= 15 is 0 Å². The topological polar surface area (TPSA) is 29.5 Å². The Bertz CT molecular complexity index is 717. The van der Waals surface area contributed by atoms with E-state index in [2.05, 4.69) is 69.4 Å². The van der Waals surface area contributed by atoms with Gasteiger partial charge in [-0.3, -0.25) is 4.79 Å². The highest BCUT2D eigenvalue weighted by atomic mass is 16.7. The van der Waals surface area contributed by atoms with E-state index in [1.807, 2.05) is 14.1 Å². The summed E-state index contributed by atoms with van der Waals surface area (Å²) >= 11 is 0. The average molecular weight is 656 g/mol. The molecule has 0 heterocycles. The molecule has 3 nitrogen and oxygen atoms in total. The van der Waals surface area contributed by atoms with Crippen molar-refractivity contribution in [3.8, 4) is 0 Å². The number of hydrogen-bond donors (Lipinski definition) is 0. The molecule has 0 aromatic carbocycles. The van der Waals surface area contributed by atoms with E-state index in [1.165, 1.54) is 154 Å². The van der Waals surface area contributed by atoms with Crippen LogP contribution in [0.5, 0.6) is 0 Å². The molecule has 274 valence electrons. The van der Waals surface area contributed by atoms with Gasteiger partial charge >= 0.3 is 5.97 Å². The lowest BCUT2D eigenvalue weighted by atomic mass is 9.81. The third-order valence-electron chi connectivity index (χ3n) is 9.30.